The first kappa shape index (κ1) is 23.1. The highest BCUT2D eigenvalue weighted by molar-refractivity contribution is 7.10. The molecule has 6 heteroatoms. The molecule has 2 aromatic carbocycles. The van der Waals surface area contributed by atoms with Gasteiger partial charge in [-0.3, -0.25) is 9.59 Å². The van der Waals surface area contributed by atoms with Crippen LogP contribution in [0.1, 0.15) is 47.7 Å². The molecule has 1 heterocycles. The van der Waals surface area contributed by atoms with Gasteiger partial charge in [-0.2, -0.15) is 0 Å². The monoisotopic (exact) mass is 462 g/mol. The Bertz CT molecular complexity index is 1050. The lowest BCUT2D eigenvalue weighted by Gasteiger charge is -2.32. The van der Waals surface area contributed by atoms with E-state index in [1.807, 2.05) is 72.1 Å². The minimum Gasteiger partial charge on any atom is -0.497 e. The van der Waals surface area contributed by atoms with Crippen molar-refractivity contribution in [3.63, 3.8) is 0 Å². The van der Waals surface area contributed by atoms with Gasteiger partial charge < -0.3 is 15.0 Å². The first-order chi connectivity index (χ1) is 16.1. The van der Waals surface area contributed by atoms with Crippen molar-refractivity contribution >= 4 is 23.2 Å². The Morgan fingerprint density at radius 1 is 1.06 bits per heavy atom. The standard InChI is InChI=1S/C27H30N2O3S/c1-32-23-14-7-9-20(17-23)19-29(25(30)18-24-15-8-16-33-24)26(21-10-3-2-4-11-21)27(31)28-22-12-5-6-13-22/h2-4,7-11,14-17,22,26H,5-6,12-13,18-19H2,1H3,(H,28,31)/t26-/m1/s1. The maximum absolute atomic E-state index is 13.6. The molecule has 1 fully saturated rings. The van der Waals surface area contributed by atoms with E-state index < -0.39 is 6.04 Å². The number of amides is 2. The van der Waals surface area contributed by atoms with Crippen molar-refractivity contribution in [3.8, 4) is 5.75 Å². The first-order valence-electron chi connectivity index (χ1n) is 11.4. The third kappa shape index (κ3) is 6.02. The van der Waals surface area contributed by atoms with Crippen LogP contribution in [0.25, 0.3) is 0 Å². The highest BCUT2D eigenvalue weighted by atomic mass is 32.1. The Morgan fingerprint density at radius 3 is 2.55 bits per heavy atom. The van der Waals surface area contributed by atoms with Gasteiger partial charge in [-0.1, -0.05) is 61.4 Å². The smallest absolute Gasteiger partial charge is 0.247 e. The molecule has 33 heavy (non-hydrogen) atoms. The molecule has 1 aliphatic carbocycles. The summed E-state index contributed by atoms with van der Waals surface area (Å²) in [5.74, 6) is 0.538. The largest absolute Gasteiger partial charge is 0.497 e. The fourth-order valence-corrected chi connectivity index (χ4v) is 5.11. The number of carbonyl (C=O) groups excluding carboxylic acids is 2. The summed E-state index contributed by atoms with van der Waals surface area (Å²) in [7, 11) is 1.63. The predicted molar refractivity (Wildman–Crippen MR) is 131 cm³/mol. The molecule has 0 radical (unpaired) electrons. The topological polar surface area (TPSA) is 58.6 Å². The molecule has 4 rings (SSSR count). The van der Waals surface area contributed by atoms with E-state index in [9.17, 15) is 9.59 Å². The summed E-state index contributed by atoms with van der Waals surface area (Å²) in [5.41, 5.74) is 1.74. The van der Waals surface area contributed by atoms with Crippen LogP contribution in [-0.4, -0.2) is 29.9 Å². The van der Waals surface area contributed by atoms with E-state index in [4.69, 9.17) is 4.74 Å². The summed E-state index contributed by atoms with van der Waals surface area (Å²) in [6, 6.07) is 20.7. The molecule has 0 saturated heterocycles. The minimum absolute atomic E-state index is 0.0734. The van der Waals surface area contributed by atoms with Crippen molar-refractivity contribution < 1.29 is 14.3 Å². The molecule has 0 aliphatic heterocycles. The summed E-state index contributed by atoms with van der Waals surface area (Å²) in [6.07, 6.45) is 4.51. The lowest BCUT2D eigenvalue weighted by atomic mass is 10.0. The van der Waals surface area contributed by atoms with Gasteiger partial charge in [-0.25, -0.2) is 0 Å². The van der Waals surface area contributed by atoms with Crippen LogP contribution in [0, 0.1) is 0 Å². The Labute approximate surface area is 199 Å². The van der Waals surface area contributed by atoms with Gasteiger partial charge in [0.05, 0.1) is 13.5 Å². The number of methoxy groups -OCH3 is 1. The summed E-state index contributed by atoms with van der Waals surface area (Å²) >= 11 is 1.56. The molecule has 1 atom stereocenters. The van der Waals surface area contributed by atoms with Gasteiger partial charge in [0.25, 0.3) is 0 Å². The van der Waals surface area contributed by atoms with Crippen LogP contribution in [0.5, 0.6) is 5.75 Å². The Hall–Kier alpha value is -3.12. The number of thiophene rings is 1. The number of nitrogens with one attached hydrogen (secondary N) is 1. The average Bonchev–Trinajstić information content (AvgIpc) is 3.54. The molecule has 0 bridgehead atoms. The maximum Gasteiger partial charge on any atom is 0.247 e. The summed E-state index contributed by atoms with van der Waals surface area (Å²) < 4.78 is 5.38. The molecule has 1 aliphatic rings. The molecule has 2 amide bonds. The van der Waals surface area contributed by atoms with Crippen molar-refractivity contribution in [2.24, 2.45) is 0 Å². The van der Waals surface area contributed by atoms with Gasteiger partial charge in [-0.15, -0.1) is 11.3 Å². The Balaban J connectivity index is 1.68. The van der Waals surface area contributed by atoms with Crippen LogP contribution >= 0.6 is 11.3 Å². The van der Waals surface area contributed by atoms with E-state index in [1.165, 1.54) is 0 Å². The van der Waals surface area contributed by atoms with E-state index >= 15 is 0 Å². The van der Waals surface area contributed by atoms with Gasteiger partial charge in [-0.05, 0) is 47.5 Å². The maximum atomic E-state index is 13.6. The molecule has 5 nitrogen and oxygen atoms in total. The molecule has 1 N–H and O–H groups in total. The zero-order chi connectivity index (χ0) is 23.0. The molecular weight excluding hydrogens is 432 g/mol. The number of rotatable bonds is 9. The van der Waals surface area contributed by atoms with Crippen LogP contribution in [0.3, 0.4) is 0 Å². The Morgan fingerprint density at radius 2 is 1.85 bits per heavy atom. The van der Waals surface area contributed by atoms with Gasteiger partial charge in [0.2, 0.25) is 11.8 Å². The first-order valence-corrected chi connectivity index (χ1v) is 12.3. The molecule has 0 spiro atoms. The van der Waals surface area contributed by atoms with Crippen molar-refractivity contribution in [2.45, 2.75) is 50.7 Å². The summed E-state index contributed by atoms with van der Waals surface area (Å²) in [6.45, 7) is 0.319. The van der Waals surface area contributed by atoms with Crippen molar-refractivity contribution in [1.82, 2.24) is 10.2 Å². The normalized spacial score (nSPS) is 14.6. The molecule has 1 saturated carbocycles. The van der Waals surface area contributed by atoms with Gasteiger partial charge in [0.15, 0.2) is 0 Å². The fourth-order valence-electron chi connectivity index (χ4n) is 4.41. The van der Waals surface area contributed by atoms with Crippen molar-refractivity contribution in [3.05, 3.63) is 88.1 Å². The second-order valence-electron chi connectivity index (χ2n) is 8.43. The quantitative estimate of drug-likeness (QED) is 0.480. The third-order valence-corrected chi connectivity index (χ3v) is 6.97. The highest BCUT2D eigenvalue weighted by Gasteiger charge is 2.33. The molecule has 1 aromatic heterocycles. The molecular formula is C27H30N2O3S. The summed E-state index contributed by atoms with van der Waals surface area (Å²) in [4.78, 5) is 30.0. The number of carbonyl (C=O) groups is 2. The number of hydrogen-bond acceptors (Lipinski definition) is 4. The zero-order valence-electron chi connectivity index (χ0n) is 18.9. The molecule has 0 unspecified atom stereocenters. The van der Waals surface area contributed by atoms with Crippen LogP contribution in [0.2, 0.25) is 0 Å². The van der Waals surface area contributed by atoms with Gasteiger partial charge in [0.1, 0.15) is 11.8 Å². The van der Waals surface area contributed by atoms with Crippen LogP contribution in [0.15, 0.2) is 72.1 Å². The fraction of sp³-hybridized carbons (Fsp3) is 0.333. The number of benzene rings is 2. The number of nitrogens with zero attached hydrogens (tertiary/aromatic N) is 1. The van der Waals surface area contributed by atoms with Crippen LogP contribution < -0.4 is 10.1 Å². The van der Waals surface area contributed by atoms with Crippen molar-refractivity contribution in [2.75, 3.05) is 7.11 Å². The molecule has 172 valence electrons. The SMILES string of the molecule is COc1cccc(CN(C(=O)Cc2cccs2)[C@@H](C(=O)NC2CCCC2)c2ccccc2)c1. The van der Waals surface area contributed by atoms with Crippen LogP contribution in [-0.2, 0) is 22.6 Å². The second-order valence-corrected chi connectivity index (χ2v) is 9.46. The van der Waals surface area contributed by atoms with Gasteiger partial charge >= 0.3 is 0 Å². The lowest BCUT2D eigenvalue weighted by Crippen LogP contribution is -2.46. The number of ether oxygens (including phenoxy) is 1. The van der Waals surface area contributed by atoms with E-state index in [0.29, 0.717) is 6.54 Å². The van der Waals surface area contributed by atoms with E-state index in [-0.39, 0.29) is 24.3 Å². The number of hydrogen-bond donors (Lipinski definition) is 1. The summed E-state index contributed by atoms with van der Waals surface area (Å²) in [5, 5.41) is 5.19. The predicted octanol–water partition coefficient (Wildman–Crippen LogP) is 5.13. The lowest BCUT2D eigenvalue weighted by molar-refractivity contribution is -0.141. The highest BCUT2D eigenvalue weighted by Crippen LogP contribution is 2.28. The minimum atomic E-state index is -0.703. The second kappa shape index (κ2) is 11.1. The molecule has 3 aromatic rings. The van der Waals surface area contributed by atoms with Crippen LogP contribution in [0.4, 0.5) is 0 Å². The van der Waals surface area contributed by atoms with Crippen molar-refractivity contribution in [1.29, 1.82) is 0 Å². The van der Waals surface area contributed by atoms with Gasteiger partial charge in [0, 0.05) is 17.5 Å². The third-order valence-electron chi connectivity index (χ3n) is 6.09. The Kier molecular flexibility index (Phi) is 7.79. The van der Waals surface area contributed by atoms with E-state index in [0.717, 1.165) is 47.4 Å². The van der Waals surface area contributed by atoms with E-state index in [2.05, 4.69) is 5.32 Å². The zero-order valence-corrected chi connectivity index (χ0v) is 19.7. The average molecular weight is 463 g/mol. The van der Waals surface area contributed by atoms with E-state index in [1.54, 1.807) is 23.3 Å².